The molecule has 174 valence electrons. The molecular weight excluding hydrogens is 438 g/mol. The first-order valence-electron chi connectivity index (χ1n) is 11.8. The molecule has 1 atom stereocenters. The maximum atomic E-state index is 13.4. The van der Waals surface area contributed by atoms with E-state index in [0.717, 1.165) is 45.6 Å². The van der Waals surface area contributed by atoms with Gasteiger partial charge in [0.1, 0.15) is 0 Å². The Hall–Kier alpha value is -1.70. The Balaban J connectivity index is 1.43. The summed E-state index contributed by atoms with van der Waals surface area (Å²) in [5.41, 5.74) is 0. The van der Waals surface area contributed by atoms with Gasteiger partial charge in [-0.15, -0.1) is 22.7 Å². The van der Waals surface area contributed by atoms with Crippen molar-refractivity contribution in [1.82, 2.24) is 14.7 Å². The predicted octanol–water partition coefficient (Wildman–Crippen LogP) is 4.72. The van der Waals surface area contributed by atoms with E-state index >= 15 is 0 Å². The average molecular weight is 474 g/mol. The number of amides is 2. The summed E-state index contributed by atoms with van der Waals surface area (Å²) in [7, 11) is 0. The molecule has 2 aromatic heterocycles. The number of hydrogen-bond acceptors (Lipinski definition) is 5. The summed E-state index contributed by atoms with van der Waals surface area (Å²) in [6, 6.07) is 9.27. The SMILES string of the molecule is CC(=O)N1CCC(CC(=O)N2CCN(C(c3cccs3)c3cccs3)C[C@@H]2C(C)C)CC1. The van der Waals surface area contributed by atoms with Crippen molar-refractivity contribution in [1.29, 1.82) is 0 Å². The van der Waals surface area contributed by atoms with E-state index in [1.54, 1.807) is 6.92 Å². The van der Waals surface area contributed by atoms with Gasteiger partial charge in [-0.05, 0) is 47.6 Å². The molecule has 5 nitrogen and oxygen atoms in total. The summed E-state index contributed by atoms with van der Waals surface area (Å²) < 4.78 is 0. The van der Waals surface area contributed by atoms with Crippen LogP contribution < -0.4 is 0 Å². The normalized spacial score (nSPS) is 21.0. The zero-order valence-electron chi connectivity index (χ0n) is 19.4. The van der Waals surface area contributed by atoms with Crippen LogP contribution in [0.3, 0.4) is 0 Å². The molecule has 7 heteroatoms. The van der Waals surface area contributed by atoms with Crippen LogP contribution >= 0.6 is 22.7 Å². The lowest BCUT2D eigenvalue weighted by Crippen LogP contribution is -2.58. The van der Waals surface area contributed by atoms with Gasteiger partial charge in [0.2, 0.25) is 11.8 Å². The van der Waals surface area contributed by atoms with Crippen molar-refractivity contribution in [2.24, 2.45) is 11.8 Å². The van der Waals surface area contributed by atoms with Crippen molar-refractivity contribution in [2.75, 3.05) is 32.7 Å². The monoisotopic (exact) mass is 473 g/mol. The number of likely N-dealkylation sites (tertiary alicyclic amines) is 1. The fourth-order valence-corrected chi connectivity index (χ4v) is 6.98. The highest BCUT2D eigenvalue weighted by molar-refractivity contribution is 7.11. The van der Waals surface area contributed by atoms with Crippen LogP contribution in [0.25, 0.3) is 0 Å². The molecule has 2 aromatic rings. The highest BCUT2D eigenvalue weighted by Gasteiger charge is 2.37. The molecule has 4 rings (SSSR count). The van der Waals surface area contributed by atoms with Gasteiger partial charge in [-0.1, -0.05) is 26.0 Å². The fraction of sp³-hybridized carbons (Fsp3) is 0.600. The number of nitrogens with zero attached hydrogens (tertiary/aromatic N) is 3. The number of piperidine rings is 1. The van der Waals surface area contributed by atoms with Gasteiger partial charge in [0.05, 0.1) is 6.04 Å². The van der Waals surface area contributed by atoms with Crippen LogP contribution in [-0.4, -0.2) is 65.3 Å². The molecule has 0 bridgehead atoms. The zero-order chi connectivity index (χ0) is 22.7. The van der Waals surface area contributed by atoms with Crippen LogP contribution in [0.1, 0.15) is 55.8 Å². The Morgan fingerprint density at radius 2 is 1.62 bits per heavy atom. The van der Waals surface area contributed by atoms with Crippen LogP contribution in [-0.2, 0) is 9.59 Å². The van der Waals surface area contributed by atoms with Crippen LogP contribution in [0.4, 0.5) is 0 Å². The van der Waals surface area contributed by atoms with E-state index in [2.05, 4.69) is 58.7 Å². The molecule has 32 heavy (non-hydrogen) atoms. The Bertz CT molecular complexity index is 839. The second-order valence-electron chi connectivity index (χ2n) is 9.48. The van der Waals surface area contributed by atoms with Gasteiger partial charge in [-0.25, -0.2) is 0 Å². The number of hydrogen-bond donors (Lipinski definition) is 0. The third-order valence-electron chi connectivity index (χ3n) is 7.05. The molecule has 2 saturated heterocycles. The number of carbonyl (C=O) groups is 2. The number of rotatable bonds is 6. The summed E-state index contributed by atoms with van der Waals surface area (Å²) in [4.78, 5) is 34.4. The highest BCUT2D eigenvalue weighted by Crippen LogP contribution is 2.36. The minimum atomic E-state index is 0.150. The molecule has 2 amide bonds. The molecule has 0 N–H and O–H groups in total. The second kappa shape index (κ2) is 10.5. The summed E-state index contributed by atoms with van der Waals surface area (Å²) in [5, 5.41) is 4.32. The van der Waals surface area contributed by atoms with E-state index in [1.807, 2.05) is 27.6 Å². The third-order valence-corrected chi connectivity index (χ3v) is 8.90. The molecule has 2 fully saturated rings. The van der Waals surface area contributed by atoms with Crippen molar-refractivity contribution in [3.8, 4) is 0 Å². The maximum absolute atomic E-state index is 13.4. The van der Waals surface area contributed by atoms with Crippen molar-refractivity contribution < 1.29 is 9.59 Å². The van der Waals surface area contributed by atoms with E-state index in [0.29, 0.717) is 24.2 Å². The Morgan fingerprint density at radius 1 is 1.00 bits per heavy atom. The van der Waals surface area contributed by atoms with Crippen molar-refractivity contribution in [3.05, 3.63) is 44.8 Å². The zero-order valence-corrected chi connectivity index (χ0v) is 21.0. The lowest BCUT2D eigenvalue weighted by atomic mass is 9.91. The van der Waals surface area contributed by atoms with Crippen molar-refractivity contribution in [2.45, 2.75) is 52.1 Å². The van der Waals surface area contributed by atoms with Gasteiger partial charge < -0.3 is 9.80 Å². The first-order chi connectivity index (χ1) is 15.4. The van der Waals surface area contributed by atoms with Gasteiger partial charge in [-0.3, -0.25) is 14.5 Å². The van der Waals surface area contributed by atoms with Gasteiger partial charge in [0, 0.05) is 61.9 Å². The summed E-state index contributed by atoms with van der Waals surface area (Å²) in [6.45, 7) is 10.3. The van der Waals surface area contributed by atoms with E-state index in [1.165, 1.54) is 9.75 Å². The Morgan fingerprint density at radius 3 is 2.12 bits per heavy atom. The predicted molar refractivity (Wildman–Crippen MR) is 132 cm³/mol. The average Bonchev–Trinajstić information content (AvgIpc) is 3.49. The van der Waals surface area contributed by atoms with Gasteiger partial charge in [0.25, 0.3) is 0 Å². The van der Waals surface area contributed by atoms with Crippen LogP contribution in [0, 0.1) is 11.8 Å². The Labute approximate surface area is 200 Å². The van der Waals surface area contributed by atoms with Crippen LogP contribution in [0.5, 0.6) is 0 Å². The molecule has 0 spiro atoms. The summed E-state index contributed by atoms with van der Waals surface area (Å²) in [5.74, 6) is 1.26. The number of carbonyl (C=O) groups excluding carboxylic acids is 2. The molecule has 0 aromatic carbocycles. The maximum Gasteiger partial charge on any atom is 0.223 e. The lowest BCUT2D eigenvalue weighted by Gasteiger charge is -2.46. The van der Waals surface area contributed by atoms with Crippen molar-refractivity contribution in [3.63, 3.8) is 0 Å². The standard InChI is InChI=1S/C25H35N3O2S2/c1-18(2)21-17-27(25(22-6-4-14-31-22)23-7-5-15-32-23)12-13-28(21)24(30)16-20-8-10-26(11-9-20)19(3)29/h4-7,14-15,18,20-21,25H,8-13,16-17H2,1-3H3/t21-/m1/s1. The third kappa shape index (κ3) is 5.26. The first-order valence-corrected chi connectivity index (χ1v) is 13.6. The number of thiophene rings is 2. The minimum absolute atomic E-state index is 0.150. The fourth-order valence-electron chi connectivity index (χ4n) is 5.16. The van der Waals surface area contributed by atoms with E-state index < -0.39 is 0 Å². The summed E-state index contributed by atoms with van der Waals surface area (Å²) in [6.07, 6.45) is 2.50. The molecule has 4 heterocycles. The lowest BCUT2D eigenvalue weighted by molar-refractivity contribution is -0.139. The smallest absolute Gasteiger partial charge is 0.223 e. The van der Waals surface area contributed by atoms with E-state index in [4.69, 9.17) is 0 Å². The largest absolute Gasteiger partial charge is 0.343 e. The Kier molecular flexibility index (Phi) is 7.69. The first kappa shape index (κ1) is 23.5. The highest BCUT2D eigenvalue weighted by atomic mass is 32.1. The number of piperazine rings is 1. The van der Waals surface area contributed by atoms with Gasteiger partial charge in [-0.2, -0.15) is 0 Å². The molecule has 0 unspecified atom stereocenters. The summed E-state index contributed by atoms with van der Waals surface area (Å²) >= 11 is 3.64. The molecule has 0 saturated carbocycles. The second-order valence-corrected chi connectivity index (χ2v) is 11.4. The van der Waals surface area contributed by atoms with Crippen LogP contribution in [0.15, 0.2) is 35.0 Å². The van der Waals surface area contributed by atoms with E-state index in [9.17, 15) is 9.59 Å². The van der Waals surface area contributed by atoms with Gasteiger partial charge in [0.15, 0.2) is 0 Å². The topological polar surface area (TPSA) is 43.9 Å². The molecule has 2 aliphatic rings. The molecular formula is C25H35N3O2S2. The van der Waals surface area contributed by atoms with Gasteiger partial charge >= 0.3 is 0 Å². The minimum Gasteiger partial charge on any atom is -0.343 e. The molecule has 0 radical (unpaired) electrons. The van der Waals surface area contributed by atoms with Crippen LogP contribution in [0.2, 0.25) is 0 Å². The quantitative estimate of drug-likeness (QED) is 0.610. The van der Waals surface area contributed by atoms with E-state index in [-0.39, 0.29) is 18.0 Å². The molecule has 0 aliphatic carbocycles. The van der Waals surface area contributed by atoms with Crippen molar-refractivity contribution >= 4 is 34.5 Å². The molecule has 2 aliphatic heterocycles.